The first kappa shape index (κ1) is 13.1. The van der Waals surface area contributed by atoms with Gasteiger partial charge < -0.3 is 5.11 Å². The van der Waals surface area contributed by atoms with E-state index in [0.29, 0.717) is 5.92 Å². The van der Waals surface area contributed by atoms with Gasteiger partial charge in [-0.3, -0.25) is 4.68 Å². The van der Waals surface area contributed by atoms with Crippen LogP contribution in [0.3, 0.4) is 0 Å². The Hall–Kier alpha value is -0.350. The number of hydrogen-bond donors (Lipinski definition) is 1. The zero-order valence-electron chi connectivity index (χ0n) is 10.6. The number of aliphatic hydroxyl groups is 1. The van der Waals surface area contributed by atoms with Crippen molar-refractivity contribution in [3.63, 3.8) is 0 Å². The van der Waals surface area contributed by atoms with E-state index in [-0.39, 0.29) is 0 Å². The van der Waals surface area contributed by atoms with Crippen molar-refractivity contribution < 1.29 is 5.11 Å². The molecule has 0 saturated heterocycles. The Bertz CT molecular complexity index is 381. The standard InChI is InChI=1S/C13H21BrN2O/c1-3-16-12(11(14)9-15-16)13(2,17)10-7-5-4-6-8-10/h9-10,17H,3-8H2,1-2H3. The molecular formula is C13H21BrN2O. The lowest BCUT2D eigenvalue weighted by Crippen LogP contribution is -2.36. The van der Waals surface area contributed by atoms with Crippen molar-refractivity contribution in [2.45, 2.75) is 58.1 Å². The van der Waals surface area contributed by atoms with Gasteiger partial charge in [-0.1, -0.05) is 19.3 Å². The van der Waals surface area contributed by atoms with E-state index >= 15 is 0 Å². The maximum absolute atomic E-state index is 10.9. The molecule has 1 atom stereocenters. The minimum absolute atomic E-state index is 0.356. The molecule has 1 aliphatic carbocycles. The largest absolute Gasteiger partial charge is 0.384 e. The Morgan fingerprint density at radius 2 is 2.12 bits per heavy atom. The zero-order valence-corrected chi connectivity index (χ0v) is 12.2. The monoisotopic (exact) mass is 300 g/mol. The Balaban J connectivity index is 2.31. The summed E-state index contributed by atoms with van der Waals surface area (Å²) in [4.78, 5) is 0. The third-order valence-electron chi connectivity index (χ3n) is 3.97. The van der Waals surface area contributed by atoms with Gasteiger partial charge in [0, 0.05) is 6.54 Å². The van der Waals surface area contributed by atoms with Gasteiger partial charge >= 0.3 is 0 Å². The summed E-state index contributed by atoms with van der Waals surface area (Å²) in [6.45, 7) is 4.79. The van der Waals surface area contributed by atoms with E-state index in [4.69, 9.17) is 0 Å². The van der Waals surface area contributed by atoms with Gasteiger partial charge in [-0.05, 0) is 48.5 Å². The summed E-state index contributed by atoms with van der Waals surface area (Å²) in [6.07, 6.45) is 7.80. The summed E-state index contributed by atoms with van der Waals surface area (Å²) >= 11 is 3.52. The first-order chi connectivity index (χ1) is 8.07. The fourth-order valence-corrected chi connectivity index (χ4v) is 3.66. The van der Waals surface area contributed by atoms with E-state index < -0.39 is 5.60 Å². The Morgan fingerprint density at radius 1 is 1.47 bits per heavy atom. The van der Waals surface area contributed by atoms with Crippen LogP contribution in [0.4, 0.5) is 0 Å². The van der Waals surface area contributed by atoms with Crippen LogP contribution in [0.25, 0.3) is 0 Å². The van der Waals surface area contributed by atoms with Crippen molar-refractivity contribution in [2.24, 2.45) is 5.92 Å². The van der Waals surface area contributed by atoms with Crippen molar-refractivity contribution in [1.82, 2.24) is 9.78 Å². The van der Waals surface area contributed by atoms with E-state index in [1.54, 1.807) is 6.20 Å². The molecule has 4 heteroatoms. The molecule has 0 bridgehead atoms. The highest BCUT2D eigenvalue weighted by Crippen LogP contribution is 2.41. The number of nitrogens with zero attached hydrogens (tertiary/aromatic N) is 2. The van der Waals surface area contributed by atoms with Crippen LogP contribution in [0, 0.1) is 5.92 Å². The SMILES string of the molecule is CCn1ncc(Br)c1C(C)(O)C1CCCCC1. The first-order valence-corrected chi connectivity index (χ1v) is 7.30. The number of halogens is 1. The van der Waals surface area contributed by atoms with Crippen LogP contribution in [0.2, 0.25) is 0 Å². The van der Waals surface area contributed by atoms with Crippen LogP contribution in [-0.2, 0) is 12.1 Å². The molecule has 0 aliphatic heterocycles. The third kappa shape index (κ3) is 2.43. The van der Waals surface area contributed by atoms with Crippen molar-refractivity contribution >= 4 is 15.9 Å². The number of rotatable bonds is 3. The predicted octanol–water partition coefficient (Wildman–Crippen LogP) is 3.45. The summed E-state index contributed by atoms with van der Waals surface area (Å²) in [7, 11) is 0. The predicted molar refractivity (Wildman–Crippen MR) is 71.7 cm³/mol. The number of aromatic nitrogens is 2. The van der Waals surface area contributed by atoms with Gasteiger partial charge in [-0.15, -0.1) is 0 Å². The lowest BCUT2D eigenvalue weighted by Gasteiger charge is -2.36. The molecule has 1 aliphatic rings. The molecule has 96 valence electrons. The quantitative estimate of drug-likeness (QED) is 0.928. The van der Waals surface area contributed by atoms with E-state index in [1.807, 2.05) is 11.6 Å². The van der Waals surface area contributed by atoms with Crippen molar-refractivity contribution in [2.75, 3.05) is 0 Å². The van der Waals surface area contributed by atoms with E-state index in [1.165, 1.54) is 19.3 Å². The molecule has 0 spiro atoms. The molecule has 0 aromatic carbocycles. The smallest absolute Gasteiger partial charge is 0.107 e. The topological polar surface area (TPSA) is 38.0 Å². The average Bonchev–Trinajstić information content (AvgIpc) is 2.72. The summed E-state index contributed by atoms with van der Waals surface area (Å²) in [6, 6.07) is 0. The number of hydrogen-bond acceptors (Lipinski definition) is 2. The van der Waals surface area contributed by atoms with Crippen LogP contribution in [0.5, 0.6) is 0 Å². The maximum Gasteiger partial charge on any atom is 0.107 e. The molecule has 1 saturated carbocycles. The minimum Gasteiger partial charge on any atom is -0.384 e. The fourth-order valence-electron chi connectivity index (χ4n) is 2.96. The molecule has 1 aromatic rings. The Kier molecular flexibility index (Phi) is 3.93. The van der Waals surface area contributed by atoms with Crippen LogP contribution in [-0.4, -0.2) is 14.9 Å². The highest BCUT2D eigenvalue weighted by atomic mass is 79.9. The highest BCUT2D eigenvalue weighted by molar-refractivity contribution is 9.10. The minimum atomic E-state index is -0.772. The average molecular weight is 301 g/mol. The normalized spacial score (nSPS) is 21.4. The number of aryl methyl sites for hydroxylation is 1. The Morgan fingerprint density at radius 3 is 2.71 bits per heavy atom. The van der Waals surface area contributed by atoms with E-state index in [0.717, 1.165) is 29.6 Å². The van der Waals surface area contributed by atoms with Gasteiger partial charge in [0.05, 0.1) is 16.4 Å². The van der Waals surface area contributed by atoms with Gasteiger partial charge in [0.1, 0.15) is 5.60 Å². The Labute approximate surface area is 111 Å². The van der Waals surface area contributed by atoms with Crippen LogP contribution < -0.4 is 0 Å². The van der Waals surface area contributed by atoms with Gasteiger partial charge in [-0.25, -0.2) is 0 Å². The molecule has 17 heavy (non-hydrogen) atoms. The molecule has 1 aromatic heterocycles. The summed E-state index contributed by atoms with van der Waals surface area (Å²) in [5.74, 6) is 0.356. The molecule has 2 rings (SSSR count). The molecular weight excluding hydrogens is 280 g/mol. The maximum atomic E-state index is 10.9. The molecule has 0 amide bonds. The zero-order chi connectivity index (χ0) is 12.5. The van der Waals surface area contributed by atoms with E-state index in [2.05, 4.69) is 28.0 Å². The molecule has 1 unspecified atom stereocenters. The van der Waals surface area contributed by atoms with Crippen LogP contribution in [0.1, 0.15) is 51.6 Å². The second-order valence-electron chi connectivity index (χ2n) is 5.14. The van der Waals surface area contributed by atoms with Gasteiger partial charge in [0.2, 0.25) is 0 Å². The van der Waals surface area contributed by atoms with E-state index in [9.17, 15) is 5.11 Å². The molecule has 1 fully saturated rings. The van der Waals surface area contributed by atoms with Gasteiger partial charge in [-0.2, -0.15) is 5.10 Å². The van der Waals surface area contributed by atoms with Gasteiger partial charge in [0.25, 0.3) is 0 Å². The summed E-state index contributed by atoms with van der Waals surface area (Å²) < 4.78 is 2.83. The lowest BCUT2D eigenvalue weighted by molar-refractivity contribution is -0.0294. The fraction of sp³-hybridized carbons (Fsp3) is 0.769. The molecule has 1 heterocycles. The molecule has 3 nitrogen and oxygen atoms in total. The van der Waals surface area contributed by atoms with Crippen molar-refractivity contribution in [3.05, 3.63) is 16.4 Å². The van der Waals surface area contributed by atoms with Crippen LogP contribution in [0.15, 0.2) is 10.7 Å². The van der Waals surface area contributed by atoms with Crippen molar-refractivity contribution in [1.29, 1.82) is 0 Å². The molecule has 1 N–H and O–H groups in total. The second-order valence-corrected chi connectivity index (χ2v) is 5.99. The van der Waals surface area contributed by atoms with Crippen LogP contribution >= 0.6 is 15.9 Å². The van der Waals surface area contributed by atoms with Gasteiger partial charge in [0.15, 0.2) is 0 Å². The summed E-state index contributed by atoms with van der Waals surface area (Å²) in [5.41, 5.74) is 0.165. The second kappa shape index (κ2) is 5.11. The first-order valence-electron chi connectivity index (χ1n) is 6.51. The molecule has 0 radical (unpaired) electrons. The van der Waals surface area contributed by atoms with Crippen molar-refractivity contribution in [3.8, 4) is 0 Å². The highest BCUT2D eigenvalue weighted by Gasteiger charge is 2.38. The third-order valence-corrected chi connectivity index (χ3v) is 4.55. The summed E-state index contributed by atoms with van der Waals surface area (Å²) in [5, 5.41) is 15.2. The lowest BCUT2D eigenvalue weighted by atomic mass is 9.76.